The fraction of sp³-hybridized carbons (Fsp3) is 0.667. The number of thioether (sulfide) groups is 1. The number of anilines is 1. The molecule has 4 heteroatoms. The normalized spacial score (nSPS) is 22.4. The molecule has 72 valence electrons. The van der Waals surface area contributed by atoms with Gasteiger partial charge in [-0.2, -0.15) is 16.9 Å². The molecule has 2 heterocycles. The zero-order valence-corrected chi connectivity index (χ0v) is 8.68. The molecular weight excluding hydrogens is 182 g/mol. The molecule has 3 nitrogen and oxygen atoms in total. The first-order valence-electron chi connectivity index (χ1n) is 4.67. The molecule has 0 aliphatic carbocycles. The zero-order chi connectivity index (χ0) is 9.26. The molecule has 1 aromatic heterocycles. The molecule has 1 atom stereocenters. The molecule has 1 aliphatic heterocycles. The molecule has 1 unspecified atom stereocenters. The third-order valence-electron chi connectivity index (χ3n) is 2.40. The van der Waals surface area contributed by atoms with Crippen molar-refractivity contribution in [2.24, 2.45) is 0 Å². The lowest BCUT2D eigenvalue weighted by Gasteiger charge is -2.07. The van der Waals surface area contributed by atoms with Crippen LogP contribution in [0, 0.1) is 6.92 Å². The van der Waals surface area contributed by atoms with Crippen molar-refractivity contribution in [1.29, 1.82) is 0 Å². The Kier molecular flexibility index (Phi) is 2.49. The van der Waals surface area contributed by atoms with E-state index in [1.54, 1.807) is 0 Å². The minimum Gasteiger partial charge on any atom is -0.396 e. The van der Waals surface area contributed by atoms with Gasteiger partial charge in [-0.05, 0) is 25.5 Å². The van der Waals surface area contributed by atoms with Gasteiger partial charge < -0.3 is 5.73 Å². The predicted octanol–water partition coefficient (Wildman–Crippen LogP) is 1.67. The minimum absolute atomic E-state index is 0.749. The Hall–Kier alpha value is -0.640. The van der Waals surface area contributed by atoms with Crippen molar-refractivity contribution in [3.05, 3.63) is 11.9 Å². The number of aryl methyl sites for hydroxylation is 1. The highest BCUT2D eigenvalue weighted by Crippen LogP contribution is 2.27. The number of nitrogens with zero attached hydrogens (tertiary/aromatic N) is 2. The molecule has 0 aromatic carbocycles. The summed E-state index contributed by atoms with van der Waals surface area (Å²) in [5.74, 6) is 1.31. The molecule has 13 heavy (non-hydrogen) atoms. The van der Waals surface area contributed by atoms with Gasteiger partial charge in [-0.3, -0.25) is 4.68 Å². The summed E-state index contributed by atoms with van der Waals surface area (Å²) in [6.07, 6.45) is 4.61. The van der Waals surface area contributed by atoms with Gasteiger partial charge in [-0.1, -0.05) is 0 Å². The molecule has 0 saturated carbocycles. The second kappa shape index (κ2) is 3.62. The van der Waals surface area contributed by atoms with Gasteiger partial charge in [-0.25, -0.2) is 0 Å². The summed E-state index contributed by atoms with van der Waals surface area (Å²) < 4.78 is 1.98. The summed E-state index contributed by atoms with van der Waals surface area (Å²) in [5.41, 5.74) is 7.48. The number of nitrogen functional groups attached to an aromatic ring is 1. The Morgan fingerprint density at radius 1 is 1.77 bits per heavy atom. The SMILES string of the molecule is Cc1nn(CC2CCCS2)cc1N. The lowest BCUT2D eigenvalue weighted by Crippen LogP contribution is -2.10. The van der Waals surface area contributed by atoms with Crippen LogP contribution in [0.5, 0.6) is 0 Å². The number of nitrogens with two attached hydrogens (primary N) is 1. The molecule has 0 spiro atoms. The van der Waals surface area contributed by atoms with Gasteiger partial charge in [0.2, 0.25) is 0 Å². The molecule has 2 rings (SSSR count). The Morgan fingerprint density at radius 3 is 3.15 bits per heavy atom. The highest BCUT2D eigenvalue weighted by molar-refractivity contribution is 8.00. The van der Waals surface area contributed by atoms with Crippen LogP contribution in [0.4, 0.5) is 5.69 Å². The molecule has 1 aliphatic rings. The van der Waals surface area contributed by atoms with Crippen molar-refractivity contribution in [2.75, 3.05) is 11.5 Å². The van der Waals surface area contributed by atoms with Crippen LogP contribution in [0.15, 0.2) is 6.20 Å². The van der Waals surface area contributed by atoms with Crippen LogP contribution in [0.25, 0.3) is 0 Å². The lowest BCUT2D eigenvalue weighted by molar-refractivity contribution is 0.576. The van der Waals surface area contributed by atoms with Crippen LogP contribution in [-0.2, 0) is 6.54 Å². The predicted molar refractivity (Wildman–Crippen MR) is 56.9 cm³/mol. The Morgan fingerprint density at radius 2 is 2.62 bits per heavy atom. The first-order chi connectivity index (χ1) is 6.25. The fourth-order valence-corrected chi connectivity index (χ4v) is 2.88. The third kappa shape index (κ3) is 1.99. The number of aromatic nitrogens is 2. The standard InChI is InChI=1S/C9H15N3S/c1-7-9(10)6-12(11-7)5-8-3-2-4-13-8/h6,8H,2-5,10H2,1H3. The second-order valence-electron chi connectivity index (χ2n) is 3.53. The van der Waals surface area contributed by atoms with Crippen molar-refractivity contribution >= 4 is 17.4 Å². The quantitative estimate of drug-likeness (QED) is 0.784. The molecule has 0 bridgehead atoms. The monoisotopic (exact) mass is 197 g/mol. The summed E-state index contributed by atoms with van der Waals surface area (Å²) in [6, 6.07) is 0. The van der Waals surface area contributed by atoms with Crippen molar-refractivity contribution in [1.82, 2.24) is 9.78 Å². The first kappa shape index (κ1) is 8.94. The fourth-order valence-electron chi connectivity index (χ4n) is 1.62. The Balaban J connectivity index is 2.00. The summed E-state index contributed by atoms with van der Waals surface area (Å²) in [5, 5.41) is 5.10. The zero-order valence-electron chi connectivity index (χ0n) is 7.86. The summed E-state index contributed by atoms with van der Waals surface area (Å²) in [4.78, 5) is 0. The Bertz CT molecular complexity index is 270. The molecule has 2 N–H and O–H groups in total. The maximum atomic E-state index is 5.72. The number of hydrogen-bond donors (Lipinski definition) is 1. The minimum atomic E-state index is 0.749. The van der Waals surface area contributed by atoms with E-state index in [2.05, 4.69) is 16.9 Å². The molecular formula is C9H15N3S. The van der Waals surface area contributed by atoms with E-state index in [9.17, 15) is 0 Å². The van der Waals surface area contributed by atoms with Gasteiger partial charge in [0.05, 0.1) is 17.9 Å². The summed E-state index contributed by atoms with van der Waals surface area (Å²) in [6.45, 7) is 2.97. The highest BCUT2D eigenvalue weighted by atomic mass is 32.2. The largest absolute Gasteiger partial charge is 0.396 e. The second-order valence-corrected chi connectivity index (χ2v) is 4.94. The Labute approximate surface area is 82.7 Å². The van der Waals surface area contributed by atoms with E-state index in [1.165, 1.54) is 18.6 Å². The van der Waals surface area contributed by atoms with E-state index >= 15 is 0 Å². The third-order valence-corrected chi connectivity index (χ3v) is 3.78. The highest BCUT2D eigenvalue weighted by Gasteiger charge is 2.16. The molecule has 1 saturated heterocycles. The first-order valence-corrected chi connectivity index (χ1v) is 5.72. The molecule has 1 fully saturated rings. The van der Waals surface area contributed by atoms with Crippen LogP contribution in [0.2, 0.25) is 0 Å². The van der Waals surface area contributed by atoms with Crippen molar-refractivity contribution in [3.63, 3.8) is 0 Å². The van der Waals surface area contributed by atoms with E-state index in [-0.39, 0.29) is 0 Å². The molecule has 0 radical (unpaired) electrons. The topological polar surface area (TPSA) is 43.8 Å². The maximum absolute atomic E-state index is 5.72. The van der Waals surface area contributed by atoms with Gasteiger partial charge >= 0.3 is 0 Å². The van der Waals surface area contributed by atoms with Gasteiger partial charge in [-0.15, -0.1) is 0 Å². The maximum Gasteiger partial charge on any atom is 0.0822 e. The summed E-state index contributed by atoms with van der Waals surface area (Å²) in [7, 11) is 0. The average molecular weight is 197 g/mol. The van der Waals surface area contributed by atoms with Crippen LogP contribution in [0.3, 0.4) is 0 Å². The van der Waals surface area contributed by atoms with E-state index in [1.807, 2.05) is 17.8 Å². The van der Waals surface area contributed by atoms with Crippen LogP contribution in [0.1, 0.15) is 18.5 Å². The van der Waals surface area contributed by atoms with Gasteiger partial charge in [0.15, 0.2) is 0 Å². The lowest BCUT2D eigenvalue weighted by atomic mass is 10.2. The number of rotatable bonds is 2. The van der Waals surface area contributed by atoms with E-state index in [0.29, 0.717) is 0 Å². The molecule has 1 aromatic rings. The number of hydrogen-bond acceptors (Lipinski definition) is 3. The van der Waals surface area contributed by atoms with Gasteiger partial charge in [0, 0.05) is 11.4 Å². The van der Waals surface area contributed by atoms with Crippen molar-refractivity contribution < 1.29 is 0 Å². The van der Waals surface area contributed by atoms with Crippen molar-refractivity contribution in [2.45, 2.75) is 31.6 Å². The van der Waals surface area contributed by atoms with E-state index in [4.69, 9.17) is 5.73 Å². The van der Waals surface area contributed by atoms with Crippen LogP contribution in [-0.4, -0.2) is 20.8 Å². The van der Waals surface area contributed by atoms with Gasteiger partial charge in [0.1, 0.15) is 0 Å². The van der Waals surface area contributed by atoms with E-state index in [0.717, 1.165) is 23.2 Å². The average Bonchev–Trinajstić information content (AvgIpc) is 2.64. The van der Waals surface area contributed by atoms with Crippen LogP contribution >= 0.6 is 11.8 Å². The van der Waals surface area contributed by atoms with Crippen molar-refractivity contribution in [3.8, 4) is 0 Å². The smallest absolute Gasteiger partial charge is 0.0822 e. The van der Waals surface area contributed by atoms with Gasteiger partial charge in [0.25, 0.3) is 0 Å². The summed E-state index contributed by atoms with van der Waals surface area (Å²) >= 11 is 2.05. The van der Waals surface area contributed by atoms with E-state index < -0.39 is 0 Å². The van der Waals surface area contributed by atoms with Crippen LogP contribution < -0.4 is 5.73 Å². The molecule has 0 amide bonds.